The van der Waals surface area contributed by atoms with Crippen LogP contribution in [0.2, 0.25) is 0 Å². The average Bonchev–Trinajstić information content (AvgIpc) is 2.63. The van der Waals surface area contributed by atoms with Crippen molar-refractivity contribution in [3.05, 3.63) is 77.2 Å². The molecule has 0 aliphatic rings. The van der Waals surface area contributed by atoms with Gasteiger partial charge in [-0.1, -0.05) is 12.1 Å². The van der Waals surface area contributed by atoms with Crippen molar-refractivity contribution in [2.24, 2.45) is 0 Å². The number of nitrogens with zero attached hydrogens (tertiary/aromatic N) is 1. The topological polar surface area (TPSA) is 102 Å². The molecule has 0 aliphatic carbocycles. The molecule has 6 nitrogen and oxygen atoms in total. The number of anilines is 1. The summed E-state index contributed by atoms with van der Waals surface area (Å²) in [7, 11) is 0. The molecule has 0 aromatic heterocycles. The number of nitrogens with one attached hydrogen (secondary N) is 2. The quantitative estimate of drug-likeness (QED) is 0.403. The largest absolute Gasteiger partial charge is 0.478 e. The lowest BCUT2D eigenvalue weighted by Gasteiger charge is -2.06. The van der Waals surface area contributed by atoms with Gasteiger partial charge in [0, 0.05) is 18.4 Å². The summed E-state index contributed by atoms with van der Waals surface area (Å²) in [5.41, 5.74) is 1.29. The summed E-state index contributed by atoms with van der Waals surface area (Å²) in [4.78, 5) is 22.9. The van der Waals surface area contributed by atoms with Crippen molar-refractivity contribution in [3.63, 3.8) is 0 Å². The first-order valence-electron chi connectivity index (χ1n) is 7.72. The molecule has 0 atom stereocenters. The second-order valence-electron chi connectivity index (χ2n) is 5.34. The minimum Gasteiger partial charge on any atom is -0.478 e. The van der Waals surface area contributed by atoms with E-state index >= 15 is 0 Å². The van der Waals surface area contributed by atoms with Crippen LogP contribution in [-0.2, 0) is 11.2 Å². The fourth-order valence-electron chi connectivity index (χ4n) is 2.08. The van der Waals surface area contributed by atoms with Gasteiger partial charge in [0.1, 0.15) is 17.5 Å². The minimum absolute atomic E-state index is 0.0986. The molecule has 0 saturated heterocycles. The lowest BCUT2D eigenvalue weighted by Crippen LogP contribution is -2.18. The van der Waals surface area contributed by atoms with E-state index in [1.807, 2.05) is 0 Å². The summed E-state index contributed by atoms with van der Waals surface area (Å²) in [6.45, 7) is 0.470. The van der Waals surface area contributed by atoms with E-state index in [0.29, 0.717) is 18.7 Å². The van der Waals surface area contributed by atoms with E-state index in [2.05, 4.69) is 10.6 Å². The number of nitriles is 1. The molecule has 7 heteroatoms. The number of hydrogen-bond donors (Lipinski definition) is 3. The number of aromatic carboxylic acids is 1. The second-order valence-corrected chi connectivity index (χ2v) is 5.34. The maximum absolute atomic E-state index is 12.8. The number of hydrogen-bond acceptors (Lipinski definition) is 4. The summed E-state index contributed by atoms with van der Waals surface area (Å²) in [6.07, 6.45) is 1.91. The molecule has 0 bridgehead atoms. The van der Waals surface area contributed by atoms with Crippen LogP contribution in [0.15, 0.2) is 60.3 Å². The first-order chi connectivity index (χ1) is 12.5. The van der Waals surface area contributed by atoms with Gasteiger partial charge in [0.15, 0.2) is 0 Å². The molecule has 0 heterocycles. The molecule has 0 aliphatic heterocycles. The van der Waals surface area contributed by atoms with Crippen LogP contribution < -0.4 is 10.6 Å². The first kappa shape index (κ1) is 18.7. The van der Waals surface area contributed by atoms with Crippen molar-refractivity contribution >= 4 is 17.6 Å². The molecular weight excluding hydrogens is 337 g/mol. The Bertz CT molecular complexity index is 853. The van der Waals surface area contributed by atoms with Gasteiger partial charge in [-0.05, 0) is 48.4 Å². The third kappa shape index (κ3) is 5.46. The minimum atomic E-state index is -1.06. The number of carbonyl (C=O) groups is 2. The van der Waals surface area contributed by atoms with Crippen molar-refractivity contribution in [2.75, 3.05) is 11.9 Å². The van der Waals surface area contributed by atoms with E-state index in [-0.39, 0.29) is 17.0 Å². The van der Waals surface area contributed by atoms with Gasteiger partial charge in [0.2, 0.25) is 0 Å². The van der Waals surface area contributed by atoms with Crippen LogP contribution in [-0.4, -0.2) is 23.5 Å². The first-order valence-corrected chi connectivity index (χ1v) is 7.72. The molecule has 2 rings (SSSR count). The fourth-order valence-corrected chi connectivity index (χ4v) is 2.08. The number of benzene rings is 2. The van der Waals surface area contributed by atoms with Crippen molar-refractivity contribution < 1.29 is 19.1 Å². The molecule has 0 radical (unpaired) electrons. The van der Waals surface area contributed by atoms with Crippen LogP contribution >= 0.6 is 0 Å². The van der Waals surface area contributed by atoms with Gasteiger partial charge < -0.3 is 15.7 Å². The maximum atomic E-state index is 12.8. The molecule has 132 valence electrons. The monoisotopic (exact) mass is 353 g/mol. The van der Waals surface area contributed by atoms with E-state index < -0.39 is 11.9 Å². The van der Waals surface area contributed by atoms with E-state index in [4.69, 9.17) is 10.4 Å². The highest BCUT2D eigenvalue weighted by molar-refractivity contribution is 6.06. The summed E-state index contributed by atoms with van der Waals surface area (Å²) in [5, 5.41) is 23.3. The molecule has 0 unspecified atom stereocenters. The standard InChI is InChI=1S/C19H16FN3O3/c20-16-5-1-13(2-6-16)9-10-22-12-15(11-21)18(24)23-17-7-3-14(4-8-17)19(25)26/h1-8,12,22H,9-10H2,(H,23,24)(H,25,26)/b15-12-. The Balaban J connectivity index is 1.88. The van der Waals surface area contributed by atoms with Gasteiger partial charge in [-0.15, -0.1) is 0 Å². The van der Waals surface area contributed by atoms with Crippen LogP contribution in [0.5, 0.6) is 0 Å². The van der Waals surface area contributed by atoms with E-state index in [9.17, 15) is 14.0 Å². The lowest BCUT2D eigenvalue weighted by atomic mass is 10.1. The highest BCUT2D eigenvalue weighted by Crippen LogP contribution is 2.11. The predicted molar refractivity (Wildman–Crippen MR) is 93.8 cm³/mol. The van der Waals surface area contributed by atoms with Crippen LogP contribution in [0.3, 0.4) is 0 Å². The second kappa shape index (κ2) is 8.99. The van der Waals surface area contributed by atoms with Gasteiger partial charge in [0.05, 0.1) is 5.56 Å². The Morgan fingerprint density at radius 3 is 2.35 bits per heavy atom. The predicted octanol–water partition coefficient (Wildman–Crippen LogP) is 2.70. The maximum Gasteiger partial charge on any atom is 0.335 e. The van der Waals surface area contributed by atoms with Crippen molar-refractivity contribution in [1.82, 2.24) is 5.32 Å². The molecule has 0 fully saturated rings. The van der Waals surface area contributed by atoms with E-state index in [1.54, 1.807) is 18.2 Å². The molecule has 1 amide bonds. The molecule has 0 spiro atoms. The number of carboxylic acid groups (broad SMARTS) is 1. The van der Waals surface area contributed by atoms with Crippen molar-refractivity contribution in [3.8, 4) is 6.07 Å². The van der Waals surface area contributed by atoms with Gasteiger partial charge in [-0.3, -0.25) is 4.79 Å². The Morgan fingerprint density at radius 2 is 1.77 bits per heavy atom. The molecule has 0 saturated carbocycles. The SMILES string of the molecule is N#C/C(=C/NCCc1ccc(F)cc1)C(=O)Nc1ccc(C(=O)O)cc1. The number of carbonyl (C=O) groups excluding carboxylic acids is 1. The van der Waals surface area contributed by atoms with E-state index in [1.165, 1.54) is 42.6 Å². The van der Waals surface area contributed by atoms with Crippen molar-refractivity contribution in [2.45, 2.75) is 6.42 Å². The van der Waals surface area contributed by atoms with Gasteiger partial charge in [0.25, 0.3) is 5.91 Å². The Labute approximate surface area is 149 Å². The molecule has 3 N–H and O–H groups in total. The van der Waals surface area contributed by atoms with Crippen LogP contribution in [0.1, 0.15) is 15.9 Å². The zero-order chi connectivity index (χ0) is 18.9. The summed E-state index contributed by atoms with van der Waals surface area (Å²) in [6, 6.07) is 13.5. The number of halogens is 1. The zero-order valence-corrected chi connectivity index (χ0v) is 13.7. The van der Waals surface area contributed by atoms with Gasteiger partial charge in [-0.25, -0.2) is 9.18 Å². The average molecular weight is 353 g/mol. The van der Waals surface area contributed by atoms with Crippen LogP contribution in [0.4, 0.5) is 10.1 Å². The Morgan fingerprint density at radius 1 is 1.12 bits per heavy atom. The third-order valence-electron chi connectivity index (χ3n) is 3.47. The lowest BCUT2D eigenvalue weighted by molar-refractivity contribution is -0.112. The smallest absolute Gasteiger partial charge is 0.335 e. The van der Waals surface area contributed by atoms with Gasteiger partial charge in [-0.2, -0.15) is 5.26 Å². The number of carboxylic acids is 1. The van der Waals surface area contributed by atoms with Gasteiger partial charge >= 0.3 is 5.97 Å². The Kier molecular flexibility index (Phi) is 6.46. The Hall–Kier alpha value is -3.66. The third-order valence-corrected chi connectivity index (χ3v) is 3.47. The zero-order valence-electron chi connectivity index (χ0n) is 13.7. The molecular formula is C19H16FN3O3. The summed E-state index contributed by atoms with van der Waals surface area (Å²) < 4.78 is 12.8. The fraction of sp³-hybridized carbons (Fsp3) is 0.105. The van der Waals surface area contributed by atoms with Crippen LogP contribution in [0, 0.1) is 17.1 Å². The normalized spacial score (nSPS) is 10.7. The molecule has 2 aromatic rings. The molecule has 2 aromatic carbocycles. The summed E-state index contributed by atoms with van der Waals surface area (Å²) >= 11 is 0. The summed E-state index contributed by atoms with van der Waals surface area (Å²) in [5.74, 6) is -1.97. The van der Waals surface area contributed by atoms with Crippen LogP contribution in [0.25, 0.3) is 0 Å². The molecule has 26 heavy (non-hydrogen) atoms. The number of amides is 1. The van der Waals surface area contributed by atoms with E-state index in [0.717, 1.165) is 5.56 Å². The highest BCUT2D eigenvalue weighted by atomic mass is 19.1. The number of rotatable bonds is 7. The highest BCUT2D eigenvalue weighted by Gasteiger charge is 2.10. The van der Waals surface area contributed by atoms with Crippen molar-refractivity contribution in [1.29, 1.82) is 5.26 Å².